The number of nitrogens with one attached hydrogen (secondary N) is 2. The lowest BCUT2D eigenvalue weighted by Crippen LogP contribution is -2.28. The molecule has 1 unspecified atom stereocenters. The van der Waals surface area contributed by atoms with Gasteiger partial charge in [-0.3, -0.25) is 4.79 Å². The zero-order valence-electron chi connectivity index (χ0n) is 16.1. The van der Waals surface area contributed by atoms with Crippen LogP contribution >= 0.6 is 23.1 Å². The average Bonchev–Trinajstić information content (AvgIpc) is 3.40. The zero-order valence-corrected chi connectivity index (χ0v) is 17.7. The Balaban J connectivity index is 1.23. The van der Waals surface area contributed by atoms with Crippen LogP contribution in [-0.2, 0) is 11.3 Å². The number of hydrogen-bond donors (Lipinski definition) is 2. The highest BCUT2D eigenvalue weighted by Crippen LogP contribution is 2.34. The molecule has 0 fully saturated rings. The van der Waals surface area contributed by atoms with E-state index in [0.29, 0.717) is 27.5 Å². The summed E-state index contributed by atoms with van der Waals surface area (Å²) in [6.07, 6.45) is 0. The second kappa shape index (κ2) is 9.31. The lowest BCUT2D eigenvalue weighted by atomic mass is 10.1. The van der Waals surface area contributed by atoms with Crippen molar-refractivity contribution in [2.45, 2.75) is 23.8 Å². The second-order valence-corrected chi connectivity index (χ2v) is 8.74. The van der Waals surface area contributed by atoms with E-state index >= 15 is 0 Å². The molecule has 0 saturated carbocycles. The molecule has 4 rings (SSSR count). The van der Waals surface area contributed by atoms with Crippen LogP contribution in [0.15, 0.2) is 46.8 Å². The van der Waals surface area contributed by atoms with Crippen molar-refractivity contribution in [1.82, 2.24) is 15.5 Å². The molecule has 1 aliphatic rings. The number of anilines is 1. The molecule has 0 bridgehead atoms. The Morgan fingerprint density at radius 2 is 2.00 bits per heavy atom. The Bertz CT molecular complexity index is 1030. The molecule has 2 N–H and O–H groups in total. The Morgan fingerprint density at radius 3 is 2.83 bits per heavy atom. The summed E-state index contributed by atoms with van der Waals surface area (Å²) in [5, 5.41) is 14.9. The molecule has 1 amide bonds. The Hall–Kier alpha value is -2.85. The Kier molecular flexibility index (Phi) is 6.34. The number of amides is 1. The fourth-order valence-electron chi connectivity index (χ4n) is 2.80. The van der Waals surface area contributed by atoms with Gasteiger partial charge in [-0.15, -0.1) is 10.2 Å². The van der Waals surface area contributed by atoms with Crippen molar-refractivity contribution in [1.29, 1.82) is 0 Å². The smallest absolute Gasteiger partial charge is 0.231 e. The van der Waals surface area contributed by atoms with Crippen LogP contribution in [0.4, 0.5) is 9.52 Å². The maximum Gasteiger partial charge on any atom is 0.231 e. The van der Waals surface area contributed by atoms with Crippen molar-refractivity contribution in [2.24, 2.45) is 0 Å². The minimum Gasteiger partial charge on any atom is -0.454 e. The first kappa shape index (κ1) is 20.4. The maximum absolute atomic E-state index is 12.9. The molecule has 2 heterocycles. The molecule has 3 aromatic rings. The molecular weight excluding hydrogens is 427 g/mol. The first-order valence-electron chi connectivity index (χ1n) is 9.20. The van der Waals surface area contributed by atoms with E-state index in [4.69, 9.17) is 9.47 Å². The predicted molar refractivity (Wildman–Crippen MR) is 113 cm³/mol. The summed E-state index contributed by atoms with van der Waals surface area (Å²) in [5.74, 6) is 1.28. The van der Waals surface area contributed by atoms with Gasteiger partial charge in [0.1, 0.15) is 5.82 Å². The number of hydrogen-bond acceptors (Lipinski definition) is 8. The van der Waals surface area contributed by atoms with Crippen molar-refractivity contribution in [3.8, 4) is 11.5 Å². The first-order chi connectivity index (χ1) is 14.6. The lowest BCUT2D eigenvalue weighted by molar-refractivity contribution is -0.119. The topological polar surface area (TPSA) is 85.4 Å². The summed E-state index contributed by atoms with van der Waals surface area (Å²) < 4.78 is 24.3. The summed E-state index contributed by atoms with van der Waals surface area (Å²) in [4.78, 5) is 12.3. The molecule has 10 heteroatoms. The van der Waals surface area contributed by atoms with Gasteiger partial charge in [-0.1, -0.05) is 41.3 Å². The number of nitrogens with zero attached hydrogens (tertiary/aromatic N) is 2. The minimum atomic E-state index is -0.264. The van der Waals surface area contributed by atoms with Crippen LogP contribution < -0.4 is 20.1 Å². The van der Waals surface area contributed by atoms with Gasteiger partial charge in [0, 0.05) is 6.54 Å². The minimum absolute atomic E-state index is 0.0961. The third-order valence-electron chi connectivity index (χ3n) is 4.36. The summed E-state index contributed by atoms with van der Waals surface area (Å²) >= 11 is 2.70. The normalized spacial score (nSPS) is 13.1. The predicted octanol–water partition coefficient (Wildman–Crippen LogP) is 3.99. The van der Waals surface area contributed by atoms with E-state index < -0.39 is 0 Å². The highest BCUT2D eigenvalue weighted by molar-refractivity contribution is 8.01. The molecule has 2 aromatic carbocycles. The molecule has 0 saturated heterocycles. The van der Waals surface area contributed by atoms with Crippen LogP contribution in [0.25, 0.3) is 0 Å². The molecule has 1 aromatic heterocycles. The second-order valence-electron chi connectivity index (χ2n) is 6.54. The van der Waals surface area contributed by atoms with Gasteiger partial charge in [0.15, 0.2) is 15.8 Å². The fraction of sp³-hybridized carbons (Fsp3) is 0.250. The van der Waals surface area contributed by atoms with Crippen LogP contribution in [0.5, 0.6) is 11.5 Å². The SMILES string of the molecule is CC(NC(=O)CSc1nnc(NCc2ccc(F)cc2)s1)c1ccc2c(c1)OCO2. The number of halogens is 1. The van der Waals surface area contributed by atoms with E-state index in [1.54, 1.807) is 12.1 Å². The number of rotatable bonds is 8. The van der Waals surface area contributed by atoms with E-state index in [1.165, 1.54) is 35.2 Å². The molecular formula is C20H19FN4O3S2. The third kappa shape index (κ3) is 5.19. The zero-order chi connectivity index (χ0) is 20.9. The maximum atomic E-state index is 12.9. The van der Waals surface area contributed by atoms with Crippen molar-refractivity contribution >= 4 is 34.1 Å². The van der Waals surface area contributed by atoms with Crippen molar-refractivity contribution in [3.05, 3.63) is 59.4 Å². The van der Waals surface area contributed by atoms with Gasteiger partial charge in [0.05, 0.1) is 11.8 Å². The third-order valence-corrected chi connectivity index (χ3v) is 6.38. The molecule has 1 aliphatic heterocycles. The van der Waals surface area contributed by atoms with Gasteiger partial charge < -0.3 is 20.1 Å². The molecule has 156 valence electrons. The highest BCUT2D eigenvalue weighted by Gasteiger charge is 2.17. The van der Waals surface area contributed by atoms with Crippen LogP contribution in [-0.4, -0.2) is 28.7 Å². The molecule has 1 atom stereocenters. The van der Waals surface area contributed by atoms with Crippen molar-refractivity contribution < 1.29 is 18.7 Å². The molecule has 0 aliphatic carbocycles. The van der Waals surface area contributed by atoms with Gasteiger partial charge in [0.25, 0.3) is 0 Å². The highest BCUT2D eigenvalue weighted by atomic mass is 32.2. The molecule has 7 nitrogen and oxygen atoms in total. The van der Waals surface area contributed by atoms with Gasteiger partial charge in [-0.05, 0) is 42.3 Å². The number of fused-ring (bicyclic) bond motifs is 1. The Morgan fingerprint density at radius 1 is 1.20 bits per heavy atom. The number of carbonyl (C=O) groups is 1. The number of ether oxygens (including phenoxy) is 2. The average molecular weight is 447 g/mol. The standard InChI is InChI=1S/C20H19FN4O3S2/c1-12(14-4-7-16-17(8-14)28-11-27-16)23-18(26)10-29-20-25-24-19(30-20)22-9-13-2-5-15(21)6-3-13/h2-8,12H,9-11H2,1H3,(H,22,24)(H,23,26). The van der Waals surface area contributed by atoms with E-state index in [2.05, 4.69) is 20.8 Å². The number of thioether (sulfide) groups is 1. The van der Waals surface area contributed by atoms with Crippen LogP contribution in [0.3, 0.4) is 0 Å². The van der Waals surface area contributed by atoms with Gasteiger partial charge >= 0.3 is 0 Å². The summed E-state index contributed by atoms with van der Waals surface area (Å²) in [6.45, 7) is 2.66. The molecule has 0 spiro atoms. The van der Waals surface area contributed by atoms with Crippen LogP contribution in [0.2, 0.25) is 0 Å². The van der Waals surface area contributed by atoms with Gasteiger partial charge in [0.2, 0.25) is 17.8 Å². The number of benzene rings is 2. The van der Waals surface area contributed by atoms with Crippen molar-refractivity contribution in [3.63, 3.8) is 0 Å². The number of carbonyl (C=O) groups excluding carboxylic acids is 1. The van der Waals surface area contributed by atoms with E-state index in [0.717, 1.165) is 11.1 Å². The van der Waals surface area contributed by atoms with Crippen LogP contribution in [0.1, 0.15) is 24.1 Å². The van der Waals surface area contributed by atoms with Crippen LogP contribution in [0, 0.1) is 5.82 Å². The van der Waals surface area contributed by atoms with Gasteiger partial charge in [-0.2, -0.15) is 0 Å². The fourth-order valence-corrected chi connectivity index (χ4v) is 4.35. The van der Waals surface area contributed by atoms with Gasteiger partial charge in [-0.25, -0.2) is 4.39 Å². The molecule has 30 heavy (non-hydrogen) atoms. The summed E-state index contributed by atoms with van der Waals surface area (Å²) in [6, 6.07) is 11.7. The monoisotopic (exact) mass is 446 g/mol. The van der Waals surface area contributed by atoms with Crippen molar-refractivity contribution in [2.75, 3.05) is 17.9 Å². The molecule has 0 radical (unpaired) electrons. The lowest BCUT2D eigenvalue weighted by Gasteiger charge is -2.14. The summed E-state index contributed by atoms with van der Waals surface area (Å²) in [5.41, 5.74) is 1.89. The summed E-state index contributed by atoms with van der Waals surface area (Å²) in [7, 11) is 0. The Labute approximate surface area is 181 Å². The first-order valence-corrected chi connectivity index (χ1v) is 11.0. The van der Waals surface area contributed by atoms with E-state index in [9.17, 15) is 9.18 Å². The van der Waals surface area contributed by atoms with E-state index in [-0.39, 0.29) is 30.3 Å². The largest absolute Gasteiger partial charge is 0.454 e. The quantitative estimate of drug-likeness (QED) is 0.506. The van der Waals surface area contributed by atoms with E-state index in [1.807, 2.05) is 25.1 Å². The number of aromatic nitrogens is 2.